The van der Waals surface area contributed by atoms with Crippen molar-refractivity contribution in [3.05, 3.63) is 29.3 Å². The van der Waals surface area contributed by atoms with Gasteiger partial charge >= 0.3 is 5.97 Å². The topological polar surface area (TPSA) is 49.8 Å². The molecule has 1 N–H and O–H groups in total. The molecule has 1 aliphatic carbocycles. The Hall–Kier alpha value is -1.55. The lowest BCUT2D eigenvalue weighted by Gasteiger charge is -2.41. The average molecular weight is 289 g/mol. The molecule has 1 aromatic rings. The van der Waals surface area contributed by atoms with E-state index < -0.39 is 11.4 Å². The molecule has 2 atom stereocenters. The lowest BCUT2D eigenvalue weighted by Crippen LogP contribution is -2.47. The van der Waals surface area contributed by atoms with Crippen LogP contribution in [0.25, 0.3) is 0 Å². The van der Waals surface area contributed by atoms with Gasteiger partial charge in [-0.1, -0.05) is 6.07 Å². The monoisotopic (exact) mass is 289 g/mol. The third kappa shape index (κ3) is 2.53. The van der Waals surface area contributed by atoms with Crippen molar-refractivity contribution in [3.8, 4) is 5.75 Å². The Morgan fingerprint density at radius 2 is 2.29 bits per heavy atom. The fourth-order valence-corrected chi connectivity index (χ4v) is 3.78. The summed E-state index contributed by atoms with van der Waals surface area (Å²) in [4.78, 5) is 13.9. The van der Waals surface area contributed by atoms with E-state index in [2.05, 4.69) is 17.0 Å². The second-order valence-corrected chi connectivity index (χ2v) is 6.56. The summed E-state index contributed by atoms with van der Waals surface area (Å²) in [5, 5.41) is 9.49. The van der Waals surface area contributed by atoms with E-state index >= 15 is 0 Å². The van der Waals surface area contributed by atoms with E-state index in [1.807, 2.05) is 13.0 Å². The summed E-state index contributed by atoms with van der Waals surface area (Å²) in [6.45, 7) is 3.51. The van der Waals surface area contributed by atoms with Crippen molar-refractivity contribution in [1.82, 2.24) is 4.90 Å². The normalized spacial score (nSPS) is 29.1. The zero-order chi connectivity index (χ0) is 15.0. The lowest BCUT2D eigenvalue weighted by atomic mass is 9.81. The molecule has 1 fully saturated rings. The Balaban J connectivity index is 1.85. The Morgan fingerprint density at radius 1 is 1.48 bits per heavy atom. The summed E-state index contributed by atoms with van der Waals surface area (Å²) in [6, 6.07) is 6.63. The number of aliphatic carboxylic acids is 1. The zero-order valence-corrected chi connectivity index (χ0v) is 12.8. The van der Waals surface area contributed by atoms with E-state index in [-0.39, 0.29) is 0 Å². The quantitative estimate of drug-likeness (QED) is 0.929. The molecule has 0 spiro atoms. The largest absolute Gasteiger partial charge is 0.497 e. The van der Waals surface area contributed by atoms with E-state index in [1.165, 1.54) is 11.1 Å². The maximum absolute atomic E-state index is 11.5. The number of hydrogen-bond acceptors (Lipinski definition) is 3. The number of aryl methyl sites for hydroxylation is 1. The van der Waals surface area contributed by atoms with Crippen molar-refractivity contribution < 1.29 is 14.6 Å². The van der Waals surface area contributed by atoms with Gasteiger partial charge in [-0.15, -0.1) is 0 Å². The number of nitrogens with zero attached hydrogens (tertiary/aromatic N) is 1. The molecule has 1 aromatic carbocycles. The van der Waals surface area contributed by atoms with Crippen LogP contribution in [0.3, 0.4) is 0 Å². The SMILES string of the molecule is COc1ccc2c(c1)C(N1CCCC(C)(C(=O)O)C1)CC2. The fourth-order valence-electron chi connectivity index (χ4n) is 3.78. The van der Waals surface area contributed by atoms with Crippen LogP contribution in [0.2, 0.25) is 0 Å². The predicted molar refractivity (Wildman–Crippen MR) is 80.6 cm³/mol. The Kier molecular flexibility index (Phi) is 3.66. The van der Waals surface area contributed by atoms with Crippen LogP contribution in [0.1, 0.15) is 43.4 Å². The number of hydrogen-bond donors (Lipinski definition) is 1. The lowest BCUT2D eigenvalue weighted by molar-refractivity contribution is -0.151. The molecule has 2 unspecified atom stereocenters. The number of carboxylic acid groups (broad SMARTS) is 1. The van der Waals surface area contributed by atoms with Crippen molar-refractivity contribution in [3.63, 3.8) is 0 Å². The fraction of sp³-hybridized carbons (Fsp3) is 0.588. The van der Waals surface area contributed by atoms with Crippen molar-refractivity contribution in [2.45, 2.75) is 38.6 Å². The first-order valence-electron chi connectivity index (χ1n) is 7.68. The molecule has 21 heavy (non-hydrogen) atoms. The number of ether oxygens (including phenoxy) is 1. The average Bonchev–Trinajstić information content (AvgIpc) is 2.90. The van der Waals surface area contributed by atoms with Gasteiger partial charge < -0.3 is 9.84 Å². The van der Waals surface area contributed by atoms with Gasteiger partial charge in [-0.25, -0.2) is 0 Å². The number of carboxylic acids is 1. The highest BCUT2D eigenvalue weighted by Gasteiger charge is 2.41. The maximum Gasteiger partial charge on any atom is 0.310 e. The van der Waals surface area contributed by atoms with Crippen LogP contribution in [0, 0.1) is 5.41 Å². The molecular weight excluding hydrogens is 266 g/mol. The molecule has 3 rings (SSSR count). The molecule has 0 amide bonds. The Bertz CT molecular complexity index is 557. The molecule has 4 heteroatoms. The molecule has 0 radical (unpaired) electrons. The van der Waals surface area contributed by atoms with Crippen LogP contribution in [-0.2, 0) is 11.2 Å². The van der Waals surface area contributed by atoms with E-state index in [0.717, 1.165) is 38.0 Å². The third-order valence-corrected chi connectivity index (χ3v) is 5.08. The van der Waals surface area contributed by atoms with Crippen molar-refractivity contribution in [1.29, 1.82) is 0 Å². The summed E-state index contributed by atoms with van der Waals surface area (Å²) < 4.78 is 5.34. The standard InChI is InChI=1S/C17H23NO3/c1-17(16(19)20)8-3-9-18(11-17)15-7-5-12-4-6-13(21-2)10-14(12)15/h4,6,10,15H,3,5,7-9,11H2,1-2H3,(H,19,20). The number of benzene rings is 1. The van der Waals surface area contributed by atoms with Gasteiger partial charge in [-0.2, -0.15) is 0 Å². The second-order valence-electron chi connectivity index (χ2n) is 6.56. The molecule has 1 aliphatic heterocycles. The smallest absolute Gasteiger partial charge is 0.310 e. The molecule has 1 saturated heterocycles. The van der Waals surface area contributed by atoms with Gasteiger partial charge in [0.25, 0.3) is 0 Å². The number of carbonyl (C=O) groups is 1. The summed E-state index contributed by atoms with van der Waals surface area (Å²) in [5.41, 5.74) is 2.09. The first kappa shape index (κ1) is 14.4. The maximum atomic E-state index is 11.5. The van der Waals surface area contributed by atoms with Crippen LogP contribution in [0.4, 0.5) is 0 Å². The third-order valence-electron chi connectivity index (χ3n) is 5.08. The Labute approximate surface area is 125 Å². The molecule has 0 aromatic heterocycles. The summed E-state index contributed by atoms with van der Waals surface area (Å²) in [6.07, 6.45) is 3.89. The number of likely N-dealkylation sites (tertiary alicyclic amines) is 1. The Morgan fingerprint density at radius 3 is 3.00 bits per heavy atom. The van der Waals surface area contributed by atoms with Gasteiger partial charge in [0.05, 0.1) is 12.5 Å². The van der Waals surface area contributed by atoms with E-state index in [0.29, 0.717) is 12.6 Å². The second kappa shape index (κ2) is 5.34. The van der Waals surface area contributed by atoms with Gasteiger partial charge in [-0.3, -0.25) is 9.69 Å². The molecule has 0 saturated carbocycles. The first-order valence-corrected chi connectivity index (χ1v) is 7.68. The van der Waals surface area contributed by atoms with Crippen molar-refractivity contribution in [2.24, 2.45) is 5.41 Å². The highest BCUT2D eigenvalue weighted by Crippen LogP contribution is 2.41. The van der Waals surface area contributed by atoms with E-state index in [9.17, 15) is 9.90 Å². The minimum Gasteiger partial charge on any atom is -0.497 e. The van der Waals surface area contributed by atoms with Crippen LogP contribution in [-0.4, -0.2) is 36.2 Å². The van der Waals surface area contributed by atoms with Crippen molar-refractivity contribution in [2.75, 3.05) is 20.2 Å². The van der Waals surface area contributed by atoms with Gasteiger partial charge in [-0.05, 0) is 62.4 Å². The van der Waals surface area contributed by atoms with E-state index in [4.69, 9.17) is 4.74 Å². The van der Waals surface area contributed by atoms with Crippen LogP contribution < -0.4 is 4.74 Å². The summed E-state index contributed by atoms with van der Waals surface area (Å²) >= 11 is 0. The summed E-state index contributed by atoms with van der Waals surface area (Å²) in [5.74, 6) is 0.217. The molecule has 0 bridgehead atoms. The highest BCUT2D eigenvalue weighted by molar-refractivity contribution is 5.74. The van der Waals surface area contributed by atoms with Gasteiger partial charge in [0.1, 0.15) is 5.75 Å². The number of piperidine rings is 1. The van der Waals surface area contributed by atoms with Gasteiger partial charge in [0, 0.05) is 12.6 Å². The predicted octanol–water partition coefficient (Wildman–Crippen LogP) is 2.87. The minimum absolute atomic E-state index is 0.342. The highest BCUT2D eigenvalue weighted by atomic mass is 16.5. The van der Waals surface area contributed by atoms with Crippen LogP contribution >= 0.6 is 0 Å². The molecule has 2 aliphatic rings. The van der Waals surface area contributed by atoms with E-state index in [1.54, 1.807) is 7.11 Å². The van der Waals surface area contributed by atoms with Gasteiger partial charge in [0.2, 0.25) is 0 Å². The minimum atomic E-state index is -0.670. The summed E-state index contributed by atoms with van der Waals surface area (Å²) in [7, 11) is 1.69. The van der Waals surface area contributed by atoms with Crippen LogP contribution in [0.5, 0.6) is 5.75 Å². The number of methoxy groups -OCH3 is 1. The number of rotatable bonds is 3. The molecule has 114 valence electrons. The van der Waals surface area contributed by atoms with Gasteiger partial charge in [0.15, 0.2) is 0 Å². The first-order chi connectivity index (χ1) is 10.0. The molecule has 1 heterocycles. The number of fused-ring (bicyclic) bond motifs is 1. The zero-order valence-electron chi connectivity index (χ0n) is 12.8. The molecular formula is C17H23NO3. The van der Waals surface area contributed by atoms with Crippen LogP contribution in [0.15, 0.2) is 18.2 Å². The molecule has 4 nitrogen and oxygen atoms in total. The van der Waals surface area contributed by atoms with Crippen molar-refractivity contribution >= 4 is 5.97 Å².